The first kappa shape index (κ1) is 23.7. The number of hydrogen-bond acceptors (Lipinski definition) is 5. The number of carbonyl (C=O) groups is 1. The number of amides is 1. The Morgan fingerprint density at radius 3 is 2.79 bits per heavy atom. The zero-order chi connectivity index (χ0) is 23.5. The molecule has 5 rings (SSSR count). The molecule has 1 atom stereocenters. The van der Waals surface area contributed by atoms with E-state index in [2.05, 4.69) is 11.4 Å². The number of nitrogens with zero attached hydrogens (tertiary/aromatic N) is 1. The molecule has 8 heteroatoms. The van der Waals surface area contributed by atoms with Gasteiger partial charge in [0.1, 0.15) is 5.54 Å². The highest BCUT2D eigenvalue weighted by atomic mass is 35.5. The largest absolute Gasteiger partial charge is 0.477 e. The second-order valence-electron chi connectivity index (χ2n) is 8.55. The molecule has 1 radical (unpaired) electrons. The Hall–Kier alpha value is -1.99. The van der Waals surface area contributed by atoms with Gasteiger partial charge in [-0.3, -0.25) is 4.79 Å². The molecular formula is C26H23Cl2N2O2S2. The molecule has 175 valence electrons. The minimum Gasteiger partial charge on any atom is -0.477 e. The maximum atomic E-state index is 13.3. The number of nitrogens with one attached hydrogen (secondary N) is 1. The van der Waals surface area contributed by atoms with Crippen molar-refractivity contribution in [1.29, 1.82) is 0 Å². The molecular weight excluding hydrogens is 507 g/mol. The SMILES string of the molecule is O=C1NC(c2ccsc2)(c2cccc(OCC3CCCC3)n2)C[C]=C1Sc1ccc(Cl)cc1Cl. The average molecular weight is 531 g/mol. The lowest BCUT2D eigenvalue weighted by Crippen LogP contribution is -2.49. The molecule has 1 N–H and O–H groups in total. The predicted molar refractivity (Wildman–Crippen MR) is 139 cm³/mol. The number of ether oxygens (including phenoxy) is 1. The van der Waals surface area contributed by atoms with E-state index in [9.17, 15) is 4.79 Å². The van der Waals surface area contributed by atoms with E-state index < -0.39 is 5.54 Å². The molecule has 1 aliphatic carbocycles. The van der Waals surface area contributed by atoms with Crippen molar-refractivity contribution in [1.82, 2.24) is 10.3 Å². The monoisotopic (exact) mass is 529 g/mol. The summed E-state index contributed by atoms with van der Waals surface area (Å²) >= 11 is 15.2. The van der Waals surface area contributed by atoms with Crippen LogP contribution in [0.4, 0.5) is 0 Å². The highest BCUT2D eigenvalue weighted by Gasteiger charge is 2.41. The molecule has 1 unspecified atom stereocenters. The van der Waals surface area contributed by atoms with Crippen LogP contribution in [0.3, 0.4) is 0 Å². The highest BCUT2D eigenvalue weighted by Crippen LogP contribution is 2.41. The quantitative estimate of drug-likeness (QED) is 0.349. The Bertz CT molecular complexity index is 1210. The van der Waals surface area contributed by atoms with Gasteiger partial charge < -0.3 is 10.1 Å². The van der Waals surface area contributed by atoms with Gasteiger partial charge in [-0.25, -0.2) is 4.98 Å². The summed E-state index contributed by atoms with van der Waals surface area (Å²) in [4.78, 5) is 19.4. The molecule has 1 amide bonds. The van der Waals surface area contributed by atoms with E-state index in [-0.39, 0.29) is 5.91 Å². The Kier molecular flexibility index (Phi) is 7.21. The Labute approximate surface area is 217 Å². The summed E-state index contributed by atoms with van der Waals surface area (Å²) in [7, 11) is 0. The number of pyridine rings is 1. The average Bonchev–Trinajstić information content (AvgIpc) is 3.56. The molecule has 1 aliphatic heterocycles. The lowest BCUT2D eigenvalue weighted by Gasteiger charge is -2.36. The van der Waals surface area contributed by atoms with Crippen molar-refractivity contribution in [2.45, 2.75) is 42.5 Å². The molecule has 0 saturated heterocycles. The Balaban J connectivity index is 1.42. The summed E-state index contributed by atoms with van der Waals surface area (Å²) < 4.78 is 6.06. The Morgan fingerprint density at radius 1 is 1.21 bits per heavy atom. The molecule has 1 fully saturated rings. The van der Waals surface area contributed by atoms with Crippen molar-refractivity contribution in [3.8, 4) is 5.88 Å². The second-order valence-corrected chi connectivity index (χ2v) is 11.2. The number of carbonyl (C=O) groups excluding carboxylic acids is 1. The van der Waals surface area contributed by atoms with Crippen LogP contribution in [0.5, 0.6) is 5.88 Å². The van der Waals surface area contributed by atoms with E-state index in [1.165, 1.54) is 37.4 Å². The van der Waals surface area contributed by atoms with E-state index in [4.69, 9.17) is 32.9 Å². The first-order valence-corrected chi connectivity index (χ1v) is 13.7. The number of benzene rings is 1. The molecule has 1 saturated carbocycles. The third-order valence-electron chi connectivity index (χ3n) is 6.27. The lowest BCUT2D eigenvalue weighted by molar-refractivity contribution is -0.119. The van der Waals surface area contributed by atoms with Crippen LogP contribution in [-0.4, -0.2) is 17.5 Å². The summed E-state index contributed by atoms with van der Waals surface area (Å²) in [6.45, 7) is 0.683. The van der Waals surface area contributed by atoms with Crippen molar-refractivity contribution < 1.29 is 9.53 Å². The van der Waals surface area contributed by atoms with Crippen molar-refractivity contribution >= 4 is 52.2 Å². The third-order valence-corrected chi connectivity index (χ3v) is 8.72. The number of thioether (sulfide) groups is 1. The van der Waals surface area contributed by atoms with Gasteiger partial charge in [-0.1, -0.05) is 53.9 Å². The van der Waals surface area contributed by atoms with Gasteiger partial charge in [-0.2, -0.15) is 11.3 Å². The van der Waals surface area contributed by atoms with Crippen LogP contribution in [-0.2, 0) is 10.3 Å². The highest BCUT2D eigenvalue weighted by molar-refractivity contribution is 8.04. The van der Waals surface area contributed by atoms with Gasteiger partial charge in [0.05, 0.1) is 22.2 Å². The zero-order valence-electron chi connectivity index (χ0n) is 18.4. The summed E-state index contributed by atoms with van der Waals surface area (Å²) in [5, 5.41) is 8.34. The number of thiophene rings is 1. The van der Waals surface area contributed by atoms with Gasteiger partial charge in [0.15, 0.2) is 0 Å². The molecule has 0 bridgehead atoms. The summed E-state index contributed by atoms with van der Waals surface area (Å²) in [6.07, 6.45) is 8.76. The molecule has 3 aromatic rings. The van der Waals surface area contributed by atoms with E-state index in [1.807, 2.05) is 41.1 Å². The summed E-state index contributed by atoms with van der Waals surface area (Å²) in [6, 6.07) is 13.0. The van der Waals surface area contributed by atoms with Crippen LogP contribution in [0.15, 0.2) is 63.0 Å². The number of rotatable bonds is 7. The number of hydrogen-bond donors (Lipinski definition) is 1. The van der Waals surface area contributed by atoms with Crippen molar-refractivity contribution in [3.05, 3.63) is 85.5 Å². The molecule has 1 aromatic carbocycles. The maximum Gasteiger partial charge on any atom is 0.259 e. The predicted octanol–water partition coefficient (Wildman–Crippen LogP) is 7.26. The summed E-state index contributed by atoms with van der Waals surface area (Å²) in [5.74, 6) is 0.971. The van der Waals surface area contributed by atoms with Crippen LogP contribution in [0, 0.1) is 12.0 Å². The Morgan fingerprint density at radius 2 is 2.06 bits per heavy atom. The van der Waals surface area contributed by atoms with Crippen LogP contribution in [0.1, 0.15) is 43.4 Å². The van der Waals surface area contributed by atoms with Crippen molar-refractivity contribution in [2.24, 2.45) is 5.92 Å². The smallest absolute Gasteiger partial charge is 0.259 e. The fraction of sp³-hybridized carbons (Fsp3) is 0.308. The third kappa shape index (κ3) is 5.01. The molecule has 3 heterocycles. The van der Waals surface area contributed by atoms with Gasteiger partial charge >= 0.3 is 0 Å². The van der Waals surface area contributed by atoms with Crippen molar-refractivity contribution in [3.63, 3.8) is 0 Å². The van der Waals surface area contributed by atoms with E-state index in [0.717, 1.165) is 16.2 Å². The maximum absolute atomic E-state index is 13.3. The fourth-order valence-corrected chi connectivity index (χ4v) is 6.49. The molecule has 34 heavy (non-hydrogen) atoms. The van der Waals surface area contributed by atoms with Gasteiger partial charge in [0, 0.05) is 22.4 Å². The minimum atomic E-state index is -0.808. The standard InChI is InChI=1S/C26H23Cl2N2O2S2/c27-19-8-9-21(20(28)14-19)34-22-10-12-26(30-25(22)31,18-11-13-33-16-18)23-6-3-7-24(29-23)32-15-17-4-1-2-5-17/h3,6-9,11,13-14,16-17H,1-2,4-5,12,15H2,(H,30,31). The number of halogens is 2. The normalized spacial score (nSPS) is 20.8. The van der Waals surface area contributed by atoms with Crippen LogP contribution in [0.25, 0.3) is 0 Å². The molecule has 2 aromatic heterocycles. The molecule has 4 nitrogen and oxygen atoms in total. The van der Waals surface area contributed by atoms with E-state index >= 15 is 0 Å². The van der Waals surface area contributed by atoms with E-state index in [1.54, 1.807) is 23.5 Å². The lowest BCUT2D eigenvalue weighted by atomic mass is 9.82. The van der Waals surface area contributed by atoms with E-state index in [0.29, 0.717) is 39.8 Å². The minimum absolute atomic E-state index is 0.215. The van der Waals surface area contributed by atoms with Crippen molar-refractivity contribution in [2.75, 3.05) is 6.61 Å². The van der Waals surface area contributed by atoms with Gasteiger partial charge in [0.25, 0.3) is 5.91 Å². The van der Waals surface area contributed by atoms with Gasteiger partial charge in [-0.05, 0) is 71.5 Å². The zero-order valence-corrected chi connectivity index (χ0v) is 21.5. The fourth-order valence-electron chi connectivity index (χ4n) is 4.44. The summed E-state index contributed by atoms with van der Waals surface area (Å²) in [5.41, 5.74) is 0.911. The van der Waals surface area contributed by atoms with Crippen LogP contribution >= 0.6 is 46.3 Å². The van der Waals surface area contributed by atoms with Crippen LogP contribution < -0.4 is 10.1 Å². The number of aromatic nitrogens is 1. The topological polar surface area (TPSA) is 51.2 Å². The van der Waals surface area contributed by atoms with Gasteiger partial charge in [0.2, 0.25) is 5.88 Å². The van der Waals surface area contributed by atoms with Gasteiger partial charge in [-0.15, -0.1) is 0 Å². The first-order valence-electron chi connectivity index (χ1n) is 11.2. The molecule has 2 aliphatic rings. The first-order chi connectivity index (χ1) is 16.5. The van der Waals surface area contributed by atoms with Crippen LogP contribution in [0.2, 0.25) is 10.0 Å². The second kappa shape index (κ2) is 10.3. The molecule has 0 spiro atoms.